The van der Waals surface area contributed by atoms with Gasteiger partial charge in [-0.15, -0.1) is 11.3 Å². The van der Waals surface area contributed by atoms with Crippen LogP contribution in [0.3, 0.4) is 0 Å². The van der Waals surface area contributed by atoms with E-state index in [0.717, 1.165) is 13.0 Å². The third-order valence-corrected chi connectivity index (χ3v) is 4.13. The van der Waals surface area contributed by atoms with Crippen molar-refractivity contribution < 1.29 is 0 Å². The van der Waals surface area contributed by atoms with Gasteiger partial charge >= 0.3 is 0 Å². The largest absolute Gasteiger partial charge is 0.311 e. The molecule has 20 heavy (non-hydrogen) atoms. The first-order chi connectivity index (χ1) is 9.44. The molecule has 1 aromatic heterocycles. The quantitative estimate of drug-likeness (QED) is 0.893. The highest BCUT2D eigenvalue weighted by molar-refractivity contribution is 7.09. The number of aryl methyl sites for hydroxylation is 1. The van der Waals surface area contributed by atoms with Crippen LogP contribution in [0.25, 0.3) is 0 Å². The molecular weight excluding hydrogens is 264 g/mol. The molecule has 1 aromatic carbocycles. The van der Waals surface area contributed by atoms with Crippen LogP contribution in [0.2, 0.25) is 0 Å². The second-order valence-electron chi connectivity index (χ2n) is 6.41. The van der Waals surface area contributed by atoms with E-state index in [1.165, 1.54) is 16.0 Å². The van der Waals surface area contributed by atoms with E-state index in [4.69, 9.17) is 0 Å². The number of aromatic nitrogens is 1. The Bertz CT molecular complexity index is 526. The van der Waals surface area contributed by atoms with Crippen LogP contribution in [-0.2, 0) is 6.42 Å². The number of nitrogens with one attached hydrogen (secondary N) is 1. The van der Waals surface area contributed by atoms with Gasteiger partial charge in [-0.1, -0.05) is 29.8 Å². The predicted octanol–water partition coefficient (Wildman–Crippen LogP) is 4.17. The first-order valence-corrected chi connectivity index (χ1v) is 8.01. The van der Waals surface area contributed by atoms with Gasteiger partial charge in [0, 0.05) is 29.1 Å². The normalized spacial score (nSPS) is 13.4. The number of nitrogens with zero attached hydrogens (tertiary/aromatic N) is 1. The SMILES string of the molecule is Cc1cccc(C(CNC(C)(C)C)Cc2cncs2)c1. The van der Waals surface area contributed by atoms with Crippen molar-refractivity contribution in [2.75, 3.05) is 6.54 Å². The summed E-state index contributed by atoms with van der Waals surface area (Å²) in [5, 5.41) is 3.64. The summed E-state index contributed by atoms with van der Waals surface area (Å²) in [4.78, 5) is 5.55. The molecule has 0 aliphatic rings. The molecule has 0 spiro atoms. The monoisotopic (exact) mass is 288 g/mol. The second kappa shape index (κ2) is 6.51. The van der Waals surface area contributed by atoms with Crippen LogP contribution >= 0.6 is 11.3 Å². The fourth-order valence-corrected chi connectivity index (χ4v) is 2.92. The molecule has 1 atom stereocenters. The maximum absolute atomic E-state index is 4.19. The number of thiazole rings is 1. The van der Waals surface area contributed by atoms with Crippen molar-refractivity contribution in [3.05, 3.63) is 52.0 Å². The summed E-state index contributed by atoms with van der Waals surface area (Å²) < 4.78 is 0. The fraction of sp³-hybridized carbons (Fsp3) is 0.471. The van der Waals surface area contributed by atoms with Crippen molar-refractivity contribution in [2.24, 2.45) is 0 Å². The maximum atomic E-state index is 4.19. The van der Waals surface area contributed by atoms with Crippen molar-refractivity contribution in [1.29, 1.82) is 0 Å². The van der Waals surface area contributed by atoms with E-state index in [1.54, 1.807) is 11.3 Å². The van der Waals surface area contributed by atoms with E-state index >= 15 is 0 Å². The Balaban J connectivity index is 2.15. The van der Waals surface area contributed by atoms with Gasteiger partial charge in [0.05, 0.1) is 5.51 Å². The molecule has 0 amide bonds. The van der Waals surface area contributed by atoms with Crippen LogP contribution in [0.15, 0.2) is 36.0 Å². The van der Waals surface area contributed by atoms with E-state index in [1.807, 2.05) is 11.7 Å². The average molecular weight is 288 g/mol. The first-order valence-electron chi connectivity index (χ1n) is 7.13. The minimum Gasteiger partial charge on any atom is -0.311 e. The van der Waals surface area contributed by atoms with Crippen molar-refractivity contribution >= 4 is 11.3 Å². The van der Waals surface area contributed by atoms with Crippen molar-refractivity contribution in [2.45, 2.75) is 45.6 Å². The molecule has 2 nitrogen and oxygen atoms in total. The molecule has 2 aromatic rings. The van der Waals surface area contributed by atoms with E-state index in [2.05, 4.69) is 62.3 Å². The minimum absolute atomic E-state index is 0.149. The molecule has 1 heterocycles. The molecule has 0 saturated heterocycles. The molecule has 3 heteroatoms. The average Bonchev–Trinajstić information content (AvgIpc) is 2.86. The van der Waals surface area contributed by atoms with Crippen molar-refractivity contribution in [3.8, 4) is 0 Å². The molecule has 1 unspecified atom stereocenters. The number of benzene rings is 1. The van der Waals surface area contributed by atoms with Crippen LogP contribution in [0, 0.1) is 6.92 Å². The molecule has 0 radical (unpaired) electrons. The van der Waals surface area contributed by atoms with Crippen LogP contribution < -0.4 is 5.32 Å². The number of rotatable bonds is 5. The van der Waals surface area contributed by atoms with E-state index in [0.29, 0.717) is 5.92 Å². The lowest BCUT2D eigenvalue weighted by Crippen LogP contribution is -2.39. The number of hydrogen-bond acceptors (Lipinski definition) is 3. The van der Waals surface area contributed by atoms with E-state index in [-0.39, 0.29) is 5.54 Å². The van der Waals surface area contributed by atoms with Crippen LogP contribution in [0.4, 0.5) is 0 Å². The Morgan fingerprint density at radius 3 is 2.70 bits per heavy atom. The zero-order valence-electron chi connectivity index (χ0n) is 12.8. The third kappa shape index (κ3) is 4.73. The Morgan fingerprint density at radius 2 is 2.10 bits per heavy atom. The van der Waals surface area contributed by atoms with Crippen molar-refractivity contribution in [3.63, 3.8) is 0 Å². The van der Waals surface area contributed by atoms with Gasteiger partial charge in [-0.05, 0) is 39.7 Å². The molecular formula is C17H24N2S. The molecule has 0 bridgehead atoms. The van der Waals surface area contributed by atoms with Crippen LogP contribution in [-0.4, -0.2) is 17.1 Å². The minimum atomic E-state index is 0.149. The zero-order valence-corrected chi connectivity index (χ0v) is 13.6. The summed E-state index contributed by atoms with van der Waals surface area (Å²) in [6.45, 7) is 9.79. The molecule has 0 aliphatic heterocycles. The highest BCUT2D eigenvalue weighted by Gasteiger charge is 2.17. The lowest BCUT2D eigenvalue weighted by atomic mass is 9.93. The van der Waals surface area contributed by atoms with Gasteiger partial charge in [-0.25, -0.2) is 0 Å². The second-order valence-corrected chi connectivity index (χ2v) is 7.38. The molecule has 0 aliphatic carbocycles. The molecule has 108 valence electrons. The van der Waals surface area contributed by atoms with E-state index < -0.39 is 0 Å². The van der Waals surface area contributed by atoms with Gasteiger partial charge in [0.1, 0.15) is 0 Å². The highest BCUT2D eigenvalue weighted by atomic mass is 32.1. The molecule has 0 saturated carbocycles. The van der Waals surface area contributed by atoms with Gasteiger partial charge in [-0.3, -0.25) is 4.98 Å². The first kappa shape index (κ1) is 15.2. The standard InChI is InChI=1S/C17H24N2S/c1-13-6-5-7-14(8-13)15(10-19-17(2,3)4)9-16-11-18-12-20-16/h5-8,11-12,15,19H,9-10H2,1-4H3. The lowest BCUT2D eigenvalue weighted by molar-refractivity contribution is 0.405. The summed E-state index contributed by atoms with van der Waals surface area (Å²) >= 11 is 1.74. The Kier molecular flexibility index (Phi) is 4.95. The molecule has 2 rings (SSSR count). The lowest BCUT2D eigenvalue weighted by Gasteiger charge is -2.25. The van der Waals surface area contributed by atoms with Gasteiger partial charge < -0.3 is 5.32 Å². The maximum Gasteiger partial charge on any atom is 0.0794 e. The van der Waals surface area contributed by atoms with Gasteiger partial charge in [0.15, 0.2) is 0 Å². The van der Waals surface area contributed by atoms with E-state index in [9.17, 15) is 0 Å². The predicted molar refractivity (Wildman–Crippen MR) is 87.5 cm³/mol. The Hall–Kier alpha value is -1.19. The topological polar surface area (TPSA) is 24.9 Å². The summed E-state index contributed by atoms with van der Waals surface area (Å²) in [5.74, 6) is 0.495. The van der Waals surface area contributed by atoms with Gasteiger partial charge in [-0.2, -0.15) is 0 Å². The highest BCUT2D eigenvalue weighted by Crippen LogP contribution is 2.23. The summed E-state index contributed by atoms with van der Waals surface area (Å²) in [6.07, 6.45) is 3.04. The number of hydrogen-bond donors (Lipinski definition) is 1. The molecule has 1 N–H and O–H groups in total. The summed E-state index contributed by atoms with van der Waals surface area (Å²) in [7, 11) is 0. The van der Waals surface area contributed by atoms with Gasteiger partial charge in [0.25, 0.3) is 0 Å². The van der Waals surface area contributed by atoms with Crippen LogP contribution in [0.1, 0.15) is 42.7 Å². The Labute approximate surface area is 126 Å². The Morgan fingerprint density at radius 1 is 1.30 bits per heavy atom. The van der Waals surface area contributed by atoms with Crippen LogP contribution in [0.5, 0.6) is 0 Å². The summed E-state index contributed by atoms with van der Waals surface area (Å²) in [6, 6.07) is 8.85. The van der Waals surface area contributed by atoms with Crippen molar-refractivity contribution in [1.82, 2.24) is 10.3 Å². The van der Waals surface area contributed by atoms with Gasteiger partial charge in [0.2, 0.25) is 0 Å². The fourth-order valence-electron chi connectivity index (χ4n) is 2.25. The summed E-state index contributed by atoms with van der Waals surface area (Å²) in [5.41, 5.74) is 4.80. The zero-order chi connectivity index (χ0) is 14.6. The molecule has 0 fully saturated rings. The third-order valence-electron chi connectivity index (χ3n) is 3.32. The smallest absolute Gasteiger partial charge is 0.0794 e.